The van der Waals surface area contributed by atoms with E-state index in [4.69, 9.17) is 4.74 Å². The molecule has 0 aliphatic heterocycles. The summed E-state index contributed by atoms with van der Waals surface area (Å²) in [5, 5.41) is 0.763. The summed E-state index contributed by atoms with van der Waals surface area (Å²) >= 11 is 1.51. The molecule has 25 heavy (non-hydrogen) atoms. The highest BCUT2D eigenvalue weighted by molar-refractivity contribution is 7.89. The number of ether oxygens (including phenoxy) is 1. The van der Waals surface area contributed by atoms with Gasteiger partial charge in [-0.15, -0.1) is 11.3 Å². The number of nitrogens with zero attached hydrogens (tertiary/aromatic N) is 2. The molecule has 0 N–H and O–H groups in total. The van der Waals surface area contributed by atoms with E-state index in [9.17, 15) is 8.42 Å². The average molecular weight is 377 g/mol. The van der Waals surface area contributed by atoms with Crippen LogP contribution in [0.4, 0.5) is 0 Å². The number of aryl methyl sites for hydroxylation is 1. The molecular formula is C18H20N2O3S2. The topological polar surface area (TPSA) is 59.5 Å². The average Bonchev–Trinajstić information content (AvgIpc) is 3.04. The Balaban J connectivity index is 2.01. The first-order valence-corrected chi connectivity index (χ1v) is 10.1. The molecule has 1 aromatic heterocycles. The Hall–Kier alpha value is -1.96. The fourth-order valence-electron chi connectivity index (χ4n) is 2.57. The fraction of sp³-hybridized carbons (Fsp3) is 0.278. The van der Waals surface area contributed by atoms with Crippen LogP contribution in [0.15, 0.2) is 47.4 Å². The van der Waals surface area contributed by atoms with E-state index in [0.717, 1.165) is 20.8 Å². The van der Waals surface area contributed by atoms with Gasteiger partial charge in [-0.05, 0) is 43.7 Å². The summed E-state index contributed by atoms with van der Waals surface area (Å²) in [6.07, 6.45) is 0. The number of fused-ring (bicyclic) bond motifs is 1. The van der Waals surface area contributed by atoms with Crippen molar-refractivity contribution in [2.75, 3.05) is 14.2 Å². The van der Waals surface area contributed by atoms with Gasteiger partial charge in [0.05, 0.1) is 23.4 Å². The van der Waals surface area contributed by atoms with Crippen LogP contribution in [0.5, 0.6) is 5.75 Å². The second-order valence-corrected chi connectivity index (χ2v) is 8.90. The lowest BCUT2D eigenvalue weighted by Crippen LogP contribution is -2.30. The zero-order valence-corrected chi connectivity index (χ0v) is 16.2. The summed E-state index contributed by atoms with van der Waals surface area (Å²) in [5.41, 5.74) is 1.74. The van der Waals surface area contributed by atoms with Gasteiger partial charge in [-0.3, -0.25) is 0 Å². The van der Waals surface area contributed by atoms with Gasteiger partial charge in [-0.1, -0.05) is 18.2 Å². The van der Waals surface area contributed by atoms with Gasteiger partial charge in [0, 0.05) is 7.05 Å². The molecule has 2 aromatic carbocycles. The molecule has 0 aliphatic rings. The Morgan fingerprint density at radius 1 is 1.20 bits per heavy atom. The van der Waals surface area contributed by atoms with Crippen molar-refractivity contribution in [2.45, 2.75) is 24.8 Å². The van der Waals surface area contributed by atoms with Gasteiger partial charge in [-0.25, -0.2) is 13.4 Å². The molecule has 0 radical (unpaired) electrons. The molecule has 0 amide bonds. The smallest absolute Gasteiger partial charge is 0.247 e. The highest BCUT2D eigenvalue weighted by Crippen LogP contribution is 2.34. The van der Waals surface area contributed by atoms with Gasteiger partial charge in [0.1, 0.15) is 15.7 Å². The third-order valence-electron chi connectivity index (χ3n) is 4.19. The van der Waals surface area contributed by atoms with Gasteiger partial charge in [0.2, 0.25) is 10.0 Å². The number of benzene rings is 2. The number of hydrogen-bond donors (Lipinski definition) is 0. The van der Waals surface area contributed by atoms with Gasteiger partial charge >= 0.3 is 0 Å². The summed E-state index contributed by atoms with van der Waals surface area (Å²) in [6, 6.07) is 12.6. The summed E-state index contributed by atoms with van der Waals surface area (Å²) < 4.78 is 33.9. The minimum Gasteiger partial charge on any atom is -0.495 e. The number of hydrogen-bond acceptors (Lipinski definition) is 5. The maximum atomic E-state index is 13.1. The predicted molar refractivity (Wildman–Crippen MR) is 101 cm³/mol. The molecule has 7 heteroatoms. The van der Waals surface area contributed by atoms with Crippen molar-refractivity contribution < 1.29 is 13.2 Å². The van der Waals surface area contributed by atoms with Crippen LogP contribution in [0.25, 0.3) is 10.2 Å². The van der Waals surface area contributed by atoms with E-state index in [-0.39, 0.29) is 10.9 Å². The monoisotopic (exact) mass is 376 g/mol. The van der Waals surface area contributed by atoms with Crippen molar-refractivity contribution in [3.63, 3.8) is 0 Å². The number of aromatic nitrogens is 1. The number of sulfonamides is 1. The summed E-state index contributed by atoms with van der Waals surface area (Å²) in [4.78, 5) is 4.75. The number of thiazole rings is 1. The molecule has 0 saturated carbocycles. The lowest BCUT2D eigenvalue weighted by atomic mass is 10.2. The molecule has 1 heterocycles. The largest absolute Gasteiger partial charge is 0.495 e. The van der Waals surface area contributed by atoms with Crippen molar-refractivity contribution >= 4 is 31.6 Å². The lowest BCUT2D eigenvalue weighted by Gasteiger charge is -2.23. The zero-order chi connectivity index (χ0) is 18.2. The Morgan fingerprint density at radius 3 is 2.60 bits per heavy atom. The molecule has 0 fully saturated rings. The highest BCUT2D eigenvalue weighted by Gasteiger charge is 2.30. The second-order valence-electron chi connectivity index (χ2n) is 5.87. The van der Waals surface area contributed by atoms with E-state index < -0.39 is 10.0 Å². The summed E-state index contributed by atoms with van der Waals surface area (Å²) in [7, 11) is -0.664. The van der Waals surface area contributed by atoms with Crippen molar-refractivity contribution in [1.82, 2.24) is 9.29 Å². The number of methoxy groups -OCH3 is 1. The van der Waals surface area contributed by atoms with Crippen molar-refractivity contribution in [1.29, 1.82) is 0 Å². The van der Waals surface area contributed by atoms with Gasteiger partial charge in [0.25, 0.3) is 0 Å². The molecule has 1 atom stereocenters. The minimum atomic E-state index is -3.71. The van der Waals surface area contributed by atoms with Crippen LogP contribution in [-0.4, -0.2) is 31.9 Å². The van der Waals surface area contributed by atoms with Crippen molar-refractivity contribution in [3.05, 3.63) is 53.0 Å². The van der Waals surface area contributed by atoms with Gasteiger partial charge in [-0.2, -0.15) is 4.31 Å². The third kappa shape index (κ3) is 3.27. The molecule has 0 saturated heterocycles. The second kappa shape index (κ2) is 6.74. The first-order valence-electron chi connectivity index (χ1n) is 7.82. The SMILES string of the molecule is COc1ccc(C)cc1S(=O)(=O)N(C)[C@H](C)c1nc2ccccc2s1. The highest BCUT2D eigenvalue weighted by atomic mass is 32.2. The number of rotatable bonds is 5. The maximum absolute atomic E-state index is 13.1. The predicted octanol–water partition coefficient (Wildman–Crippen LogP) is 4.00. The first kappa shape index (κ1) is 17.8. The molecule has 132 valence electrons. The number of para-hydroxylation sites is 1. The zero-order valence-electron chi connectivity index (χ0n) is 14.6. The van der Waals surface area contributed by atoms with Crippen LogP contribution >= 0.6 is 11.3 Å². The van der Waals surface area contributed by atoms with Crippen LogP contribution in [0.3, 0.4) is 0 Å². The molecule has 0 spiro atoms. The molecule has 5 nitrogen and oxygen atoms in total. The van der Waals surface area contributed by atoms with E-state index in [1.54, 1.807) is 19.2 Å². The quantitative estimate of drug-likeness (QED) is 0.675. The van der Waals surface area contributed by atoms with E-state index in [1.165, 1.54) is 22.8 Å². The molecule has 0 aliphatic carbocycles. The lowest BCUT2D eigenvalue weighted by molar-refractivity contribution is 0.381. The van der Waals surface area contributed by atoms with E-state index >= 15 is 0 Å². The van der Waals surface area contributed by atoms with Crippen molar-refractivity contribution in [3.8, 4) is 5.75 Å². The van der Waals surface area contributed by atoms with E-state index in [0.29, 0.717) is 5.75 Å². The summed E-state index contributed by atoms with van der Waals surface area (Å²) in [5.74, 6) is 0.342. The molecule has 3 rings (SSSR count). The Bertz CT molecular complexity index is 979. The molecule has 0 bridgehead atoms. The third-order valence-corrected chi connectivity index (χ3v) is 7.35. The standard InChI is InChI=1S/C18H20N2O3S2/c1-12-9-10-15(23-4)17(11-12)25(21,22)20(3)13(2)18-19-14-7-5-6-8-16(14)24-18/h5-11,13H,1-4H3/t13-/m1/s1. The molecule has 3 aromatic rings. The van der Waals surface area contributed by atoms with Crippen LogP contribution < -0.4 is 4.74 Å². The normalized spacial score (nSPS) is 13.3. The van der Waals surface area contributed by atoms with Crippen LogP contribution in [0, 0.1) is 6.92 Å². The Morgan fingerprint density at radius 2 is 1.92 bits per heavy atom. The fourth-order valence-corrected chi connectivity index (χ4v) is 5.27. The van der Waals surface area contributed by atoms with E-state index in [2.05, 4.69) is 4.98 Å². The minimum absolute atomic E-state index is 0.172. The van der Waals surface area contributed by atoms with Gasteiger partial charge < -0.3 is 4.74 Å². The van der Waals surface area contributed by atoms with Crippen LogP contribution in [-0.2, 0) is 10.0 Å². The van der Waals surface area contributed by atoms with Crippen molar-refractivity contribution in [2.24, 2.45) is 0 Å². The Kier molecular flexibility index (Phi) is 4.81. The Labute approximate surface area is 151 Å². The van der Waals surface area contributed by atoms with Gasteiger partial charge in [0.15, 0.2) is 0 Å². The molecular weight excluding hydrogens is 356 g/mol. The summed E-state index contributed by atoms with van der Waals surface area (Å²) in [6.45, 7) is 3.70. The van der Waals surface area contributed by atoms with Crippen LogP contribution in [0.1, 0.15) is 23.5 Å². The maximum Gasteiger partial charge on any atom is 0.247 e. The van der Waals surface area contributed by atoms with E-state index in [1.807, 2.05) is 44.2 Å². The van der Waals surface area contributed by atoms with Crippen LogP contribution in [0.2, 0.25) is 0 Å². The molecule has 0 unspecified atom stereocenters. The first-order chi connectivity index (χ1) is 11.8.